The van der Waals surface area contributed by atoms with Gasteiger partial charge in [0.1, 0.15) is 17.8 Å². The standard InChI is InChI=1S/C36H56N10O6/c37-13-4-10-29-36(52)46-30(19-22-6-3-7-23(18-22)24-11-12-31(47)25(20-24)21-28(41)34(50)45-29)35(51)43-16-5-9-27(40)32(48)42-15-2-1-8-26(39)33(49)44-17-14-38/h3,6-7,11-12,18,20,26-30,47H,1-2,4-5,8-10,13-17,19,21,37-41H2,(H,42,48)(H,43,51)(H,44,49)(H,45,50)(H,46,52)/t26-,27?,28-,29-,30-/m0/s1. The van der Waals surface area contributed by atoms with E-state index < -0.39 is 47.9 Å². The third-order valence-electron chi connectivity index (χ3n) is 8.87. The number of aromatic hydroxyl groups is 1. The van der Waals surface area contributed by atoms with E-state index in [0.29, 0.717) is 63.7 Å². The number of amides is 5. The van der Waals surface area contributed by atoms with Crippen LogP contribution in [0.25, 0.3) is 11.1 Å². The Morgan fingerprint density at radius 3 is 2.15 bits per heavy atom. The third-order valence-corrected chi connectivity index (χ3v) is 8.87. The number of benzene rings is 2. The lowest BCUT2D eigenvalue weighted by Gasteiger charge is -2.24. The van der Waals surface area contributed by atoms with Gasteiger partial charge in [0.05, 0.1) is 18.1 Å². The predicted octanol–water partition coefficient (Wildman–Crippen LogP) is -1.89. The largest absolute Gasteiger partial charge is 0.508 e. The number of nitrogens with two attached hydrogens (primary N) is 5. The molecular formula is C36H56N10O6. The number of carbonyl (C=O) groups excluding carboxylic acids is 5. The highest BCUT2D eigenvalue weighted by molar-refractivity contribution is 5.93. The Morgan fingerprint density at radius 1 is 0.769 bits per heavy atom. The van der Waals surface area contributed by atoms with Crippen molar-refractivity contribution >= 4 is 29.5 Å². The number of carbonyl (C=O) groups is 5. The van der Waals surface area contributed by atoms with Gasteiger partial charge in [0, 0.05) is 39.0 Å². The van der Waals surface area contributed by atoms with Gasteiger partial charge < -0.3 is 60.4 Å². The van der Waals surface area contributed by atoms with Crippen molar-refractivity contribution < 1.29 is 29.1 Å². The summed E-state index contributed by atoms with van der Waals surface area (Å²) in [5.74, 6) is -2.15. The van der Waals surface area contributed by atoms with E-state index in [9.17, 15) is 29.1 Å². The molecule has 4 bridgehead atoms. The second-order valence-corrected chi connectivity index (χ2v) is 13.1. The summed E-state index contributed by atoms with van der Waals surface area (Å²) in [6, 6.07) is 8.10. The maximum Gasteiger partial charge on any atom is 0.243 e. The molecule has 5 amide bonds. The molecule has 0 saturated heterocycles. The average molecular weight is 725 g/mol. The highest BCUT2D eigenvalue weighted by Crippen LogP contribution is 2.28. The monoisotopic (exact) mass is 724 g/mol. The Labute approximate surface area is 304 Å². The predicted molar refractivity (Wildman–Crippen MR) is 198 cm³/mol. The molecule has 5 atom stereocenters. The molecular weight excluding hydrogens is 668 g/mol. The van der Waals surface area contributed by atoms with Crippen LogP contribution in [0.3, 0.4) is 0 Å². The molecule has 1 unspecified atom stereocenters. The lowest BCUT2D eigenvalue weighted by atomic mass is 9.96. The summed E-state index contributed by atoms with van der Waals surface area (Å²) in [6.45, 7) is 1.58. The number of fused-ring (bicyclic) bond motifs is 5. The normalized spacial score (nSPS) is 18.8. The first kappa shape index (κ1) is 41.8. The molecule has 0 saturated carbocycles. The van der Waals surface area contributed by atoms with Gasteiger partial charge in [-0.1, -0.05) is 30.3 Å². The lowest BCUT2D eigenvalue weighted by Crippen LogP contribution is -2.56. The van der Waals surface area contributed by atoms with E-state index >= 15 is 0 Å². The van der Waals surface area contributed by atoms with Gasteiger partial charge in [-0.05, 0) is 85.9 Å². The molecule has 16 heteroatoms. The Morgan fingerprint density at radius 2 is 1.44 bits per heavy atom. The second-order valence-electron chi connectivity index (χ2n) is 13.1. The first-order chi connectivity index (χ1) is 24.9. The lowest BCUT2D eigenvalue weighted by molar-refractivity contribution is -0.132. The van der Waals surface area contributed by atoms with E-state index in [4.69, 9.17) is 28.7 Å². The van der Waals surface area contributed by atoms with Crippen LogP contribution in [0.4, 0.5) is 0 Å². The van der Waals surface area contributed by atoms with E-state index in [1.807, 2.05) is 24.3 Å². The van der Waals surface area contributed by atoms with Gasteiger partial charge in [-0.25, -0.2) is 0 Å². The number of phenols is 1. The molecule has 0 aromatic heterocycles. The van der Waals surface area contributed by atoms with Crippen LogP contribution < -0.4 is 55.3 Å². The number of hydrogen-bond donors (Lipinski definition) is 11. The molecule has 52 heavy (non-hydrogen) atoms. The van der Waals surface area contributed by atoms with Crippen molar-refractivity contribution in [2.75, 3.05) is 32.7 Å². The SMILES string of the molecule is NCCC[C@@H]1NC(=O)[C@@H](N)Cc2cc(ccc2O)-c2cccc(c2)C[C@@H](C(=O)NCCCC(N)C(=O)NCCCC[C@H](N)C(=O)NCCN)NC1=O. The van der Waals surface area contributed by atoms with E-state index in [2.05, 4.69) is 26.6 Å². The molecule has 2 aromatic carbocycles. The quantitative estimate of drug-likeness (QED) is 0.0802. The van der Waals surface area contributed by atoms with Crippen LogP contribution >= 0.6 is 0 Å². The molecule has 0 spiro atoms. The van der Waals surface area contributed by atoms with E-state index in [1.165, 1.54) is 0 Å². The molecule has 0 aliphatic carbocycles. The fraction of sp³-hybridized carbons (Fsp3) is 0.528. The van der Waals surface area contributed by atoms with Crippen molar-refractivity contribution in [1.82, 2.24) is 26.6 Å². The smallest absolute Gasteiger partial charge is 0.243 e. The summed E-state index contributed by atoms with van der Waals surface area (Å²) in [6.07, 6.45) is 3.31. The molecule has 1 heterocycles. The van der Waals surface area contributed by atoms with Crippen LogP contribution in [0.2, 0.25) is 0 Å². The van der Waals surface area contributed by atoms with Crippen molar-refractivity contribution in [2.45, 2.75) is 88.0 Å². The Hall–Kier alpha value is -4.61. The number of rotatable bonds is 17. The summed E-state index contributed by atoms with van der Waals surface area (Å²) < 4.78 is 0. The average Bonchev–Trinajstić information content (AvgIpc) is 3.13. The zero-order valence-corrected chi connectivity index (χ0v) is 29.7. The molecule has 286 valence electrons. The molecule has 1 aliphatic heterocycles. The summed E-state index contributed by atoms with van der Waals surface area (Å²) in [7, 11) is 0. The molecule has 0 radical (unpaired) electrons. The Kier molecular flexibility index (Phi) is 17.4. The number of unbranched alkanes of at least 4 members (excludes halogenated alkanes) is 1. The fourth-order valence-corrected chi connectivity index (χ4v) is 5.80. The Balaban J connectivity index is 1.61. The van der Waals surface area contributed by atoms with E-state index in [1.54, 1.807) is 18.2 Å². The van der Waals surface area contributed by atoms with Gasteiger partial charge >= 0.3 is 0 Å². The maximum absolute atomic E-state index is 13.6. The number of nitrogens with one attached hydrogen (secondary N) is 5. The topological polar surface area (TPSA) is 296 Å². The number of hydrogen-bond acceptors (Lipinski definition) is 11. The van der Waals surface area contributed by atoms with Gasteiger partial charge in [0.15, 0.2) is 0 Å². The van der Waals surface area contributed by atoms with Gasteiger partial charge in [-0.2, -0.15) is 0 Å². The minimum Gasteiger partial charge on any atom is -0.508 e. The van der Waals surface area contributed by atoms with Crippen molar-refractivity contribution in [1.29, 1.82) is 0 Å². The van der Waals surface area contributed by atoms with E-state index in [-0.39, 0.29) is 49.9 Å². The number of phenolic OH excluding ortho intramolecular Hbond substituents is 1. The summed E-state index contributed by atoms with van der Waals surface area (Å²) in [4.78, 5) is 64.6. The molecule has 2 aromatic rings. The zero-order chi connectivity index (χ0) is 38.0. The highest BCUT2D eigenvalue weighted by atomic mass is 16.3. The van der Waals surface area contributed by atoms with E-state index in [0.717, 1.165) is 16.7 Å². The maximum atomic E-state index is 13.6. The van der Waals surface area contributed by atoms with Crippen LogP contribution in [-0.2, 0) is 36.8 Å². The summed E-state index contributed by atoms with van der Waals surface area (Å²) in [5, 5.41) is 24.3. The molecule has 1 aliphatic rings. The highest BCUT2D eigenvalue weighted by Gasteiger charge is 2.29. The van der Waals surface area contributed by atoms with Gasteiger partial charge in [-0.15, -0.1) is 0 Å². The van der Waals surface area contributed by atoms with Crippen molar-refractivity contribution in [3.05, 3.63) is 53.6 Å². The fourth-order valence-electron chi connectivity index (χ4n) is 5.80. The third kappa shape index (κ3) is 13.5. The molecule has 16 N–H and O–H groups in total. The zero-order valence-electron chi connectivity index (χ0n) is 29.7. The minimum absolute atomic E-state index is 0.00227. The van der Waals surface area contributed by atoms with Gasteiger partial charge in [0.2, 0.25) is 29.5 Å². The first-order valence-corrected chi connectivity index (χ1v) is 17.9. The summed E-state index contributed by atoms with van der Waals surface area (Å²) in [5.41, 5.74) is 32.1. The molecule has 16 nitrogen and oxygen atoms in total. The first-order valence-electron chi connectivity index (χ1n) is 17.9. The van der Waals surface area contributed by atoms with Crippen molar-refractivity contribution in [3.63, 3.8) is 0 Å². The minimum atomic E-state index is -1.05. The molecule has 3 rings (SSSR count). The van der Waals surface area contributed by atoms with Crippen LogP contribution in [0.15, 0.2) is 42.5 Å². The van der Waals surface area contributed by atoms with Crippen LogP contribution in [0.5, 0.6) is 5.75 Å². The Bertz CT molecular complexity index is 1510. The summed E-state index contributed by atoms with van der Waals surface area (Å²) >= 11 is 0. The van der Waals surface area contributed by atoms with Gasteiger partial charge in [-0.3, -0.25) is 24.0 Å². The molecule has 0 fully saturated rings. The van der Waals surface area contributed by atoms with Crippen LogP contribution in [0.1, 0.15) is 56.1 Å². The second kappa shape index (κ2) is 21.7. The van der Waals surface area contributed by atoms with Gasteiger partial charge in [0.25, 0.3) is 0 Å². The van der Waals surface area contributed by atoms with Crippen molar-refractivity contribution in [3.8, 4) is 16.9 Å². The van der Waals surface area contributed by atoms with Crippen LogP contribution in [0, 0.1) is 0 Å². The van der Waals surface area contributed by atoms with Crippen molar-refractivity contribution in [2.24, 2.45) is 28.7 Å². The van der Waals surface area contributed by atoms with Crippen LogP contribution in [-0.4, -0.2) is 97.6 Å².